The Balaban J connectivity index is 2.09. The van der Waals surface area contributed by atoms with Gasteiger partial charge in [-0.25, -0.2) is 9.37 Å². The second kappa shape index (κ2) is 5.98. The van der Waals surface area contributed by atoms with Crippen LogP contribution in [0.1, 0.15) is 6.42 Å². The Kier molecular flexibility index (Phi) is 3.88. The first-order valence-electron chi connectivity index (χ1n) is 6.93. The number of benzene rings is 1. The Hall–Kier alpha value is -2.67. The fourth-order valence-corrected chi connectivity index (χ4v) is 2.33. The lowest BCUT2D eigenvalue weighted by atomic mass is 10.1. The molecular formula is C15H16FN5O. The Labute approximate surface area is 126 Å². The minimum absolute atomic E-state index is 0.0871. The number of nitrogens with two attached hydrogens (primary N) is 1. The third kappa shape index (κ3) is 2.71. The van der Waals surface area contributed by atoms with Crippen molar-refractivity contribution in [1.29, 1.82) is 0 Å². The number of hydrogen-bond acceptors (Lipinski definition) is 5. The van der Waals surface area contributed by atoms with Gasteiger partial charge in [0.1, 0.15) is 11.6 Å². The van der Waals surface area contributed by atoms with Crippen molar-refractivity contribution in [2.24, 2.45) is 0 Å². The van der Waals surface area contributed by atoms with Crippen molar-refractivity contribution < 1.29 is 9.50 Å². The van der Waals surface area contributed by atoms with Crippen LogP contribution >= 0.6 is 0 Å². The van der Waals surface area contributed by atoms with E-state index in [-0.39, 0.29) is 12.4 Å². The maximum Gasteiger partial charge on any atom is 0.133 e. The van der Waals surface area contributed by atoms with Crippen molar-refractivity contribution in [3.8, 4) is 11.3 Å². The molecule has 0 saturated carbocycles. The van der Waals surface area contributed by atoms with E-state index in [2.05, 4.69) is 20.5 Å². The van der Waals surface area contributed by atoms with Gasteiger partial charge < -0.3 is 16.2 Å². The number of fused-ring (bicyclic) bond motifs is 1. The van der Waals surface area contributed by atoms with Gasteiger partial charge in [0.15, 0.2) is 0 Å². The molecule has 0 spiro atoms. The summed E-state index contributed by atoms with van der Waals surface area (Å²) in [5.74, 6) is -0.0188. The molecule has 1 aromatic carbocycles. The smallest absolute Gasteiger partial charge is 0.133 e. The number of rotatable bonds is 5. The van der Waals surface area contributed by atoms with Crippen molar-refractivity contribution in [3.63, 3.8) is 0 Å². The molecular weight excluding hydrogens is 285 g/mol. The summed E-state index contributed by atoms with van der Waals surface area (Å²) in [4.78, 5) is 4.26. The maximum absolute atomic E-state index is 14.4. The number of anilines is 2. The van der Waals surface area contributed by atoms with Crippen molar-refractivity contribution in [3.05, 3.63) is 36.3 Å². The van der Waals surface area contributed by atoms with Crippen molar-refractivity contribution in [2.45, 2.75) is 6.42 Å². The summed E-state index contributed by atoms with van der Waals surface area (Å²) in [6.07, 6.45) is 2.16. The third-order valence-electron chi connectivity index (χ3n) is 3.36. The van der Waals surface area contributed by atoms with Crippen LogP contribution in [0.2, 0.25) is 0 Å². The Morgan fingerprint density at radius 1 is 1.32 bits per heavy atom. The zero-order chi connectivity index (χ0) is 15.5. The lowest BCUT2D eigenvalue weighted by molar-refractivity contribution is 0.292. The maximum atomic E-state index is 14.4. The van der Waals surface area contributed by atoms with Crippen LogP contribution in [-0.2, 0) is 0 Å². The number of pyridine rings is 1. The van der Waals surface area contributed by atoms with Crippen LogP contribution in [-0.4, -0.2) is 33.4 Å². The van der Waals surface area contributed by atoms with Crippen molar-refractivity contribution in [2.75, 3.05) is 24.2 Å². The molecule has 5 N–H and O–H groups in total. The van der Waals surface area contributed by atoms with Crippen LogP contribution in [0.25, 0.3) is 22.2 Å². The van der Waals surface area contributed by atoms with E-state index in [0.717, 1.165) is 0 Å². The molecule has 3 rings (SSSR count). The van der Waals surface area contributed by atoms with E-state index < -0.39 is 0 Å². The first-order chi connectivity index (χ1) is 10.7. The number of nitrogens with zero attached hydrogens (tertiary/aromatic N) is 2. The van der Waals surface area contributed by atoms with Crippen molar-refractivity contribution >= 4 is 22.4 Å². The first-order valence-corrected chi connectivity index (χ1v) is 6.93. The predicted molar refractivity (Wildman–Crippen MR) is 83.9 cm³/mol. The summed E-state index contributed by atoms with van der Waals surface area (Å²) in [6, 6.07) is 6.43. The van der Waals surface area contributed by atoms with Crippen LogP contribution in [0.3, 0.4) is 0 Å². The Bertz CT molecular complexity index is 788. The molecule has 0 radical (unpaired) electrons. The molecule has 0 atom stereocenters. The standard InChI is InChI=1S/C15H16FN5O/c16-11-6-10-13(18-3-1-5-22)8-15(17)20-14(10)7-9(11)12-2-4-19-21-12/h2,4,6-8,22H,1,3,5H2,(H,19,21)(H3,17,18,20). The summed E-state index contributed by atoms with van der Waals surface area (Å²) in [5, 5.41) is 19.2. The molecule has 2 aromatic heterocycles. The largest absolute Gasteiger partial charge is 0.396 e. The summed E-state index contributed by atoms with van der Waals surface area (Å²) >= 11 is 0. The highest BCUT2D eigenvalue weighted by Crippen LogP contribution is 2.30. The van der Waals surface area contributed by atoms with Crippen LogP contribution in [0, 0.1) is 5.82 Å². The number of aliphatic hydroxyl groups is 1. The van der Waals surface area contributed by atoms with Gasteiger partial charge in [0, 0.05) is 42.1 Å². The average Bonchev–Trinajstić information content (AvgIpc) is 3.01. The molecule has 114 valence electrons. The average molecular weight is 301 g/mol. The van der Waals surface area contributed by atoms with Gasteiger partial charge in [-0.1, -0.05) is 0 Å². The zero-order valence-electron chi connectivity index (χ0n) is 11.8. The minimum Gasteiger partial charge on any atom is -0.396 e. The van der Waals surface area contributed by atoms with Crippen LogP contribution in [0.15, 0.2) is 30.5 Å². The number of nitrogen functional groups attached to an aromatic ring is 1. The van der Waals surface area contributed by atoms with Gasteiger partial charge in [-0.05, 0) is 24.6 Å². The first kappa shape index (κ1) is 14.3. The Morgan fingerprint density at radius 3 is 2.91 bits per heavy atom. The second-order valence-electron chi connectivity index (χ2n) is 4.92. The van der Waals surface area contributed by atoms with Gasteiger partial charge >= 0.3 is 0 Å². The van der Waals surface area contributed by atoms with E-state index in [4.69, 9.17) is 10.8 Å². The molecule has 3 aromatic rings. The molecule has 0 saturated heterocycles. The molecule has 0 unspecified atom stereocenters. The van der Waals surface area contributed by atoms with Gasteiger partial charge in [-0.15, -0.1) is 0 Å². The summed E-state index contributed by atoms with van der Waals surface area (Å²) in [6.45, 7) is 0.656. The van der Waals surface area contributed by atoms with Crippen LogP contribution < -0.4 is 11.1 Å². The molecule has 0 aliphatic carbocycles. The van der Waals surface area contributed by atoms with E-state index in [1.54, 1.807) is 24.4 Å². The third-order valence-corrected chi connectivity index (χ3v) is 3.36. The molecule has 6 nitrogen and oxygen atoms in total. The number of nitrogens with one attached hydrogen (secondary N) is 2. The molecule has 7 heteroatoms. The van der Waals surface area contributed by atoms with E-state index in [1.165, 1.54) is 6.07 Å². The topological polar surface area (TPSA) is 99.9 Å². The predicted octanol–water partition coefficient (Wildman–Crippen LogP) is 2.14. The van der Waals surface area contributed by atoms with E-state index >= 15 is 0 Å². The van der Waals surface area contributed by atoms with Gasteiger partial charge in [0.2, 0.25) is 0 Å². The lowest BCUT2D eigenvalue weighted by Crippen LogP contribution is -2.05. The number of aliphatic hydroxyl groups excluding tert-OH is 1. The zero-order valence-corrected chi connectivity index (χ0v) is 11.8. The molecule has 2 heterocycles. The molecule has 0 bridgehead atoms. The Morgan fingerprint density at radius 2 is 2.18 bits per heavy atom. The van der Waals surface area contributed by atoms with Crippen LogP contribution in [0.4, 0.5) is 15.9 Å². The number of halogens is 1. The molecule has 0 fully saturated rings. The number of aromatic amines is 1. The minimum atomic E-state index is -0.367. The van der Waals surface area contributed by atoms with E-state index in [1.807, 2.05) is 0 Å². The molecule has 22 heavy (non-hydrogen) atoms. The summed E-state index contributed by atoms with van der Waals surface area (Å²) < 4.78 is 14.4. The van der Waals surface area contributed by atoms with Gasteiger partial charge in [0.05, 0.1) is 11.2 Å². The second-order valence-corrected chi connectivity index (χ2v) is 4.92. The molecule has 0 aliphatic rings. The summed E-state index contributed by atoms with van der Waals surface area (Å²) in [7, 11) is 0. The SMILES string of the molecule is Nc1cc(NCCCO)c2cc(F)c(-c3ccn[nH]3)cc2n1. The molecule has 0 amide bonds. The quantitative estimate of drug-likeness (QED) is 0.541. The van der Waals surface area contributed by atoms with Gasteiger partial charge in [-0.3, -0.25) is 5.10 Å². The lowest BCUT2D eigenvalue weighted by Gasteiger charge is -2.11. The normalized spacial score (nSPS) is 11.0. The highest BCUT2D eigenvalue weighted by molar-refractivity contribution is 5.95. The van der Waals surface area contributed by atoms with Gasteiger partial charge in [-0.2, -0.15) is 5.10 Å². The number of hydrogen-bond donors (Lipinski definition) is 4. The molecule has 0 aliphatic heterocycles. The fourth-order valence-electron chi connectivity index (χ4n) is 2.33. The highest BCUT2D eigenvalue weighted by atomic mass is 19.1. The number of H-pyrrole nitrogens is 1. The van der Waals surface area contributed by atoms with Crippen LogP contribution in [0.5, 0.6) is 0 Å². The van der Waals surface area contributed by atoms with Crippen molar-refractivity contribution in [1.82, 2.24) is 15.2 Å². The summed E-state index contributed by atoms with van der Waals surface area (Å²) in [5.41, 5.74) is 8.09. The van der Waals surface area contributed by atoms with E-state index in [0.29, 0.717) is 46.6 Å². The van der Waals surface area contributed by atoms with Gasteiger partial charge in [0.25, 0.3) is 0 Å². The fraction of sp³-hybridized carbons (Fsp3) is 0.200. The monoisotopic (exact) mass is 301 g/mol. The van der Waals surface area contributed by atoms with E-state index in [9.17, 15) is 4.39 Å². The highest BCUT2D eigenvalue weighted by Gasteiger charge is 2.12. The number of aromatic nitrogens is 3.